The predicted molar refractivity (Wildman–Crippen MR) is 105 cm³/mol. The van der Waals surface area contributed by atoms with Crippen molar-refractivity contribution in [3.8, 4) is 11.1 Å². The number of allylic oxidation sites excluding steroid dienone is 1. The average Bonchev–Trinajstić information content (AvgIpc) is 2.96. The molecule has 1 aliphatic heterocycles. The maximum absolute atomic E-state index is 12.7. The minimum Gasteiger partial charge on any atom is -0.422 e. The van der Waals surface area contributed by atoms with Gasteiger partial charge in [0.25, 0.3) is 0 Å². The Hall–Kier alpha value is -3.17. The number of ether oxygens (including phenoxy) is 1. The van der Waals surface area contributed by atoms with Crippen LogP contribution in [0.1, 0.15) is 17.0 Å². The lowest BCUT2D eigenvalue weighted by molar-refractivity contribution is -0.136. The van der Waals surface area contributed by atoms with Crippen molar-refractivity contribution < 1.29 is 14.3 Å². The molecule has 0 bridgehead atoms. The Morgan fingerprint density at radius 2 is 1.52 bits per heavy atom. The van der Waals surface area contributed by atoms with E-state index >= 15 is 0 Å². The third-order valence-electron chi connectivity index (χ3n) is 4.45. The summed E-state index contributed by atoms with van der Waals surface area (Å²) in [6.07, 6.45) is 1.60. The molecule has 1 atom stereocenters. The summed E-state index contributed by atoms with van der Waals surface area (Å²) in [5.74, 6) is -1.83. The maximum Gasteiger partial charge on any atom is 0.327 e. The SMILES string of the molecule is O=C1OC(=Cc2ccc(-c3ccccc3)cc2)C(=O)C1c1cccc(Cl)c1. The van der Waals surface area contributed by atoms with Gasteiger partial charge in [-0.05, 0) is 40.5 Å². The van der Waals surface area contributed by atoms with Gasteiger partial charge in [-0.3, -0.25) is 9.59 Å². The zero-order chi connectivity index (χ0) is 18.8. The van der Waals surface area contributed by atoms with Gasteiger partial charge in [-0.25, -0.2) is 0 Å². The molecule has 3 aromatic carbocycles. The number of hydrogen-bond donors (Lipinski definition) is 0. The first-order valence-corrected chi connectivity index (χ1v) is 8.88. The first-order chi connectivity index (χ1) is 13.1. The number of esters is 1. The second-order valence-corrected chi connectivity index (χ2v) is 6.71. The summed E-state index contributed by atoms with van der Waals surface area (Å²) in [6, 6.07) is 24.4. The summed E-state index contributed by atoms with van der Waals surface area (Å²) in [7, 11) is 0. The first-order valence-electron chi connectivity index (χ1n) is 8.50. The van der Waals surface area contributed by atoms with Gasteiger partial charge in [0.1, 0.15) is 5.92 Å². The Morgan fingerprint density at radius 1 is 0.815 bits per heavy atom. The van der Waals surface area contributed by atoms with E-state index < -0.39 is 11.9 Å². The van der Waals surface area contributed by atoms with Crippen LogP contribution in [0.3, 0.4) is 0 Å². The molecule has 0 radical (unpaired) electrons. The van der Waals surface area contributed by atoms with Gasteiger partial charge < -0.3 is 4.74 Å². The maximum atomic E-state index is 12.7. The molecule has 4 rings (SSSR count). The second-order valence-electron chi connectivity index (χ2n) is 6.27. The standard InChI is InChI=1S/C23H15ClO3/c24-19-8-4-7-18(14-19)21-22(25)20(27-23(21)26)13-15-9-11-17(12-10-15)16-5-2-1-3-6-16/h1-14,21H. The van der Waals surface area contributed by atoms with Crippen molar-refractivity contribution in [3.63, 3.8) is 0 Å². The molecule has 132 valence electrons. The number of rotatable bonds is 3. The fraction of sp³-hybridized carbons (Fsp3) is 0.0435. The number of cyclic esters (lactones) is 1. The Balaban J connectivity index is 1.59. The lowest BCUT2D eigenvalue weighted by atomic mass is 9.95. The summed E-state index contributed by atoms with van der Waals surface area (Å²) >= 11 is 5.97. The average molecular weight is 375 g/mol. The van der Waals surface area contributed by atoms with Gasteiger partial charge in [0, 0.05) is 5.02 Å². The predicted octanol–water partition coefficient (Wildman–Crippen LogP) is 5.26. The van der Waals surface area contributed by atoms with Crippen molar-refractivity contribution >= 4 is 29.4 Å². The van der Waals surface area contributed by atoms with E-state index in [1.54, 1.807) is 30.3 Å². The number of carbonyl (C=O) groups excluding carboxylic acids is 2. The lowest BCUT2D eigenvalue weighted by Gasteiger charge is -2.04. The molecule has 0 aromatic heterocycles. The topological polar surface area (TPSA) is 43.4 Å². The lowest BCUT2D eigenvalue weighted by Crippen LogP contribution is -2.12. The van der Waals surface area contributed by atoms with Crippen LogP contribution in [-0.2, 0) is 14.3 Å². The third-order valence-corrected chi connectivity index (χ3v) is 4.68. The molecule has 0 spiro atoms. The van der Waals surface area contributed by atoms with Gasteiger partial charge in [-0.2, -0.15) is 0 Å². The van der Waals surface area contributed by atoms with Crippen LogP contribution in [0.4, 0.5) is 0 Å². The summed E-state index contributed by atoms with van der Waals surface area (Å²) in [5.41, 5.74) is 3.52. The summed E-state index contributed by atoms with van der Waals surface area (Å²) in [6.45, 7) is 0. The van der Waals surface area contributed by atoms with Crippen LogP contribution in [0.2, 0.25) is 5.02 Å². The van der Waals surface area contributed by atoms with Crippen LogP contribution < -0.4 is 0 Å². The zero-order valence-corrected chi connectivity index (χ0v) is 15.0. The van der Waals surface area contributed by atoms with Crippen molar-refractivity contribution in [3.05, 3.63) is 101 Å². The Labute approximate surface area is 161 Å². The van der Waals surface area contributed by atoms with E-state index in [2.05, 4.69) is 0 Å². The number of halogens is 1. The number of benzene rings is 3. The highest BCUT2D eigenvalue weighted by Crippen LogP contribution is 2.32. The number of carbonyl (C=O) groups is 2. The van der Waals surface area contributed by atoms with Crippen molar-refractivity contribution in [1.82, 2.24) is 0 Å². The summed E-state index contributed by atoms with van der Waals surface area (Å²) in [4.78, 5) is 24.9. The highest BCUT2D eigenvalue weighted by molar-refractivity contribution is 6.30. The van der Waals surface area contributed by atoms with Gasteiger partial charge in [0.15, 0.2) is 5.76 Å². The van der Waals surface area contributed by atoms with Crippen LogP contribution in [0.15, 0.2) is 84.6 Å². The smallest absolute Gasteiger partial charge is 0.327 e. The van der Waals surface area contributed by atoms with Crippen LogP contribution in [0.25, 0.3) is 17.2 Å². The molecule has 1 unspecified atom stereocenters. The molecule has 1 aliphatic rings. The molecule has 0 saturated carbocycles. The van der Waals surface area contributed by atoms with Crippen LogP contribution in [0.5, 0.6) is 0 Å². The first kappa shape index (κ1) is 17.3. The fourth-order valence-electron chi connectivity index (χ4n) is 3.09. The molecule has 1 heterocycles. The highest BCUT2D eigenvalue weighted by Gasteiger charge is 2.41. The molecule has 3 aromatic rings. The molecule has 4 heteroatoms. The molecular weight excluding hydrogens is 360 g/mol. The number of ketones is 1. The van der Waals surface area contributed by atoms with E-state index in [0.717, 1.165) is 16.7 Å². The highest BCUT2D eigenvalue weighted by atomic mass is 35.5. The number of hydrogen-bond acceptors (Lipinski definition) is 3. The molecule has 0 aliphatic carbocycles. The summed E-state index contributed by atoms with van der Waals surface area (Å²) in [5, 5.41) is 0.474. The van der Waals surface area contributed by atoms with E-state index in [9.17, 15) is 9.59 Å². The zero-order valence-electron chi connectivity index (χ0n) is 14.3. The number of Topliss-reactive ketones (excluding diaryl/α,β-unsaturated/α-hetero) is 1. The van der Waals surface area contributed by atoms with Gasteiger partial charge >= 0.3 is 5.97 Å². The van der Waals surface area contributed by atoms with Crippen molar-refractivity contribution in [1.29, 1.82) is 0 Å². The monoisotopic (exact) mass is 374 g/mol. The fourth-order valence-corrected chi connectivity index (χ4v) is 3.29. The molecule has 27 heavy (non-hydrogen) atoms. The van der Waals surface area contributed by atoms with Gasteiger partial charge in [-0.1, -0.05) is 78.3 Å². The molecule has 1 fully saturated rings. The Bertz CT molecular complexity index is 1040. The normalized spacial score (nSPS) is 18.0. The minimum atomic E-state index is -0.960. The van der Waals surface area contributed by atoms with Gasteiger partial charge in [0.2, 0.25) is 5.78 Å². The summed E-state index contributed by atoms with van der Waals surface area (Å²) < 4.78 is 5.23. The quantitative estimate of drug-likeness (QED) is 0.357. The van der Waals surface area contributed by atoms with Crippen molar-refractivity contribution in [2.24, 2.45) is 0 Å². The van der Waals surface area contributed by atoms with Crippen LogP contribution in [-0.4, -0.2) is 11.8 Å². The molecule has 0 N–H and O–H groups in total. The van der Waals surface area contributed by atoms with E-state index in [1.807, 2.05) is 54.6 Å². The van der Waals surface area contributed by atoms with E-state index in [1.165, 1.54) is 0 Å². The van der Waals surface area contributed by atoms with E-state index in [0.29, 0.717) is 10.6 Å². The Kier molecular flexibility index (Phi) is 4.61. The molecule has 1 saturated heterocycles. The molecular formula is C23H15ClO3. The molecule has 0 amide bonds. The van der Waals surface area contributed by atoms with Crippen molar-refractivity contribution in [2.45, 2.75) is 5.92 Å². The molecule has 3 nitrogen and oxygen atoms in total. The van der Waals surface area contributed by atoms with E-state index in [-0.39, 0.29) is 11.5 Å². The largest absolute Gasteiger partial charge is 0.422 e. The third kappa shape index (κ3) is 3.55. The Morgan fingerprint density at radius 3 is 2.22 bits per heavy atom. The van der Waals surface area contributed by atoms with Crippen molar-refractivity contribution in [2.75, 3.05) is 0 Å². The van der Waals surface area contributed by atoms with Gasteiger partial charge in [0.05, 0.1) is 0 Å². The minimum absolute atomic E-state index is 0.0532. The van der Waals surface area contributed by atoms with Crippen LogP contribution >= 0.6 is 11.6 Å². The van der Waals surface area contributed by atoms with E-state index in [4.69, 9.17) is 16.3 Å². The van der Waals surface area contributed by atoms with Gasteiger partial charge in [-0.15, -0.1) is 0 Å². The van der Waals surface area contributed by atoms with Crippen LogP contribution in [0, 0.1) is 0 Å². The second kappa shape index (κ2) is 7.22.